The van der Waals surface area contributed by atoms with E-state index in [2.05, 4.69) is 93.3 Å². The molecule has 4 rings (SSSR count). The van der Waals surface area contributed by atoms with Crippen LogP contribution < -0.4 is 10.6 Å². The standard InChI is InChI=1S/C24H25BrN2S/c25-20-9-11-22-18(15-20)14-19-16-21(10-12-23(19)22)27-24(28)26-13-5-4-8-17-6-2-1-3-7-17/h1-3,6-7,9-12,15-16,18,22H,4-5,8,13-14H2,(H2,26,27,28). The number of fused-ring (bicyclic) bond motifs is 3. The Bertz CT molecular complexity index is 904. The van der Waals surface area contributed by atoms with Crippen molar-refractivity contribution in [2.75, 3.05) is 11.9 Å². The Morgan fingerprint density at radius 3 is 2.82 bits per heavy atom. The van der Waals surface area contributed by atoms with Crippen molar-refractivity contribution in [1.29, 1.82) is 0 Å². The van der Waals surface area contributed by atoms with Crippen molar-refractivity contribution in [3.8, 4) is 0 Å². The molecule has 2 aromatic carbocycles. The Morgan fingerprint density at radius 1 is 1.11 bits per heavy atom. The molecule has 0 radical (unpaired) electrons. The van der Waals surface area contributed by atoms with Crippen LogP contribution in [0.3, 0.4) is 0 Å². The van der Waals surface area contributed by atoms with Gasteiger partial charge in [-0.2, -0.15) is 0 Å². The number of thiocarbonyl (C=S) groups is 1. The number of aryl methyl sites for hydroxylation is 1. The SMILES string of the molecule is S=C(NCCCCc1ccccc1)Nc1ccc2c(c1)CC1C=C(Br)C=CC21. The Balaban J connectivity index is 1.23. The molecule has 0 amide bonds. The van der Waals surface area contributed by atoms with Crippen LogP contribution in [-0.2, 0) is 12.8 Å². The molecule has 0 heterocycles. The summed E-state index contributed by atoms with van der Waals surface area (Å²) < 4.78 is 1.19. The van der Waals surface area contributed by atoms with Crippen LogP contribution in [0.5, 0.6) is 0 Å². The summed E-state index contributed by atoms with van der Waals surface area (Å²) in [6.07, 6.45) is 11.3. The molecule has 2 aromatic rings. The van der Waals surface area contributed by atoms with Gasteiger partial charge in [0, 0.05) is 22.6 Å². The molecule has 2 N–H and O–H groups in total. The zero-order valence-corrected chi connectivity index (χ0v) is 18.2. The van der Waals surface area contributed by atoms with Crippen molar-refractivity contribution in [3.63, 3.8) is 0 Å². The summed E-state index contributed by atoms with van der Waals surface area (Å²) in [6, 6.07) is 17.3. The third kappa shape index (κ3) is 4.73. The largest absolute Gasteiger partial charge is 0.362 e. The van der Waals surface area contributed by atoms with Crippen LogP contribution in [0.15, 0.2) is 71.2 Å². The van der Waals surface area contributed by atoms with Gasteiger partial charge in [-0.15, -0.1) is 0 Å². The third-order valence-electron chi connectivity index (χ3n) is 5.53. The number of hydrogen-bond acceptors (Lipinski definition) is 1. The molecule has 2 nitrogen and oxygen atoms in total. The highest BCUT2D eigenvalue weighted by molar-refractivity contribution is 9.11. The number of halogens is 1. The predicted octanol–water partition coefficient (Wildman–Crippen LogP) is 6.10. The van der Waals surface area contributed by atoms with Gasteiger partial charge in [-0.25, -0.2) is 0 Å². The first-order chi connectivity index (χ1) is 13.7. The maximum absolute atomic E-state index is 5.48. The molecule has 28 heavy (non-hydrogen) atoms. The summed E-state index contributed by atoms with van der Waals surface area (Å²) in [7, 11) is 0. The van der Waals surface area contributed by atoms with E-state index in [4.69, 9.17) is 12.2 Å². The van der Waals surface area contributed by atoms with Crippen LogP contribution in [-0.4, -0.2) is 11.7 Å². The van der Waals surface area contributed by atoms with Gasteiger partial charge in [0.2, 0.25) is 0 Å². The number of hydrogen-bond donors (Lipinski definition) is 2. The second-order valence-corrected chi connectivity index (χ2v) is 8.87. The average Bonchev–Trinajstić information content (AvgIpc) is 3.05. The fourth-order valence-electron chi connectivity index (χ4n) is 4.14. The number of allylic oxidation sites excluding steroid dienone is 4. The van der Waals surface area contributed by atoms with Gasteiger partial charge in [-0.1, -0.05) is 70.6 Å². The molecule has 0 spiro atoms. The zero-order valence-electron chi connectivity index (χ0n) is 15.8. The Hall–Kier alpha value is -1.91. The molecular formula is C24H25BrN2S. The average molecular weight is 453 g/mol. The number of unbranched alkanes of at least 4 members (excludes halogenated alkanes) is 1. The van der Waals surface area contributed by atoms with E-state index in [-0.39, 0.29) is 0 Å². The summed E-state index contributed by atoms with van der Waals surface area (Å²) in [5.74, 6) is 1.08. The Morgan fingerprint density at radius 2 is 1.96 bits per heavy atom. The molecule has 0 bridgehead atoms. The van der Waals surface area contributed by atoms with E-state index in [1.807, 2.05) is 0 Å². The van der Waals surface area contributed by atoms with Crippen LogP contribution >= 0.6 is 28.1 Å². The van der Waals surface area contributed by atoms with Crippen molar-refractivity contribution in [2.24, 2.45) is 5.92 Å². The van der Waals surface area contributed by atoms with Crippen molar-refractivity contribution < 1.29 is 0 Å². The quantitative estimate of drug-likeness (QED) is 0.408. The lowest BCUT2D eigenvalue weighted by atomic mass is 9.89. The topological polar surface area (TPSA) is 24.1 Å². The molecule has 0 saturated carbocycles. The van der Waals surface area contributed by atoms with Crippen LogP contribution in [0.4, 0.5) is 5.69 Å². The zero-order chi connectivity index (χ0) is 19.3. The van der Waals surface area contributed by atoms with Gasteiger partial charge in [0.15, 0.2) is 5.11 Å². The van der Waals surface area contributed by atoms with Crippen molar-refractivity contribution in [1.82, 2.24) is 5.32 Å². The van der Waals surface area contributed by atoms with Crippen LogP contribution in [0.2, 0.25) is 0 Å². The number of nitrogens with one attached hydrogen (secondary N) is 2. The molecule has 0 aliphatic heterocycles. The van der Waals surface area contributed by atoms with Crippen molar-refractivity contribution in [3.05, 3.63) is 87.9 Å². The summed E-state index contributed by atoms with van der Waals surface area (Å²) in [5.41, 5.74) is 5.35. The molecule has 0 fully saturated rings. The summed E-state index contributed by atoms with van der Waals surface area (Å²) >= 11 is 9.08. The van der Waals surface area contributed by atoms with E-state index in [0.29, 0.717) is 16.9 Å². The van der Waals surface area contributed by atoms with Crippen LogP contribution in [0.1, 0.15) is 35.4 Å². The minimum Gasteiger partial charge on any atom is -0.362 e. The molecule has 0 saturated heterocycles. The molecule has 2 atom stereocenters. The van der Waals surface area contributed by atoms with Crippen LogP contribution in [0.25, 0.3) is 0 Å². The highest BCUT2D eigenvalue weighted by Crippen LogP contribution is 2.43. The first-order valence-electron chi connectivity index (χ1n) is 9.96. The molecular weight excluding hydrogens is 428 g/mol. The molecule has 2 unspecified atom stereocenters. The molecule has 4 heteroatoms. The lowest BCUT2D eigenvalue weighted by Gasteiger charge is -2.17. The lowest BCUT2D eigenvalue weighted by Crippen LogP contribution is -2.29. The lowest BCUT2D eigenvalue weighted by molar-refractivity contribution is 0.629. The second kappa shape index (κ2) is 9.06. The molecule has 2 aliphatic rings. The molecule has 0 aromatic heterocycles. The fourth-order valence-corrected chi connectivity index (χ4v) is 4.85. The van der Waals surface area contributed by atoms with Gasteiger partial charge in [0.1, 0.15) is 0 Å². The van der Waals surface area contributed by atoms with E-state index in [0.717, 1.165) is 37.9 Å². The third-order valence-corrected chi connectivity index (χ3v) is 6.31. The van der Waals surface area contributed by atoms with Crippen molar-refractivity contribution >= 4 is 38.9 Å². The van der Waals surface area contributed by atoms with E-state index >= 15 is 0 Å². The maximum atomic E-state index is 5.48. The Kier molecular flexibility index (Phi) is 6.28. The van der Waals surface area contributed by atoms with E-state index in [1.165, 1.54) is 21.2 Å². The van der Waals surface area contributed by atoms with Gasteiger partial charge < -0.3 is 10.6 Å². The van der Waals surface area contributed by atoms with Crippen LogP contribution in [0, 0.1) is 5.92 Å². The first-order valence-corrected chi connectivity index (χ1v) is 11.2. The molecule has 2 aliphatic carbocycles. The number of benzene rings is 2. The summed E-state index contributed by atoms with van der Waals surface area (Å²) in [4.78, 5) is 0. The highest BCUT2D eigenvalue weighted by Gasteiger charge is 2.31. The van der Waals surface area contributed by atoms with Gasteiger partial charge in [-0.05, 0) is 72.6 Å². The van der Waals surface area contributed by atoms with E-state index < -0.39 is 0 Å². The van der Waals surface area contributed by atoms with E-state index in [1.54, 1.807) is 0 Å². The van der Waals surface area contributed by atoms with Gasteiger partial charge in [0.05, 0.1) is 0 Å². The summed E-state index contributed by atoms with van der Waals surface area (Å²) in [6.45, 7) is 0.900. The Labute approximate surface area is 181 Å². The van der Waals surface area contributed by atoms with Gasteiger partial charge in [-0.3, -0.25) is 0 Å². The normalized spacial score (nSPS) is 19.5. The smallest absolute Gasteiger partial charge is 0.170 e. The highest BCUT2D eigenvalue weighted by atomic mass is 79.9. The second-order valence-electron chi connectivity index (χ2n) is 7.54. The van der Waals surface area contributed by atoms with E-state index in [9.17, 15) is 0 Å². The predicted molar refractivity (Wildman–Crippen MR) is 126 cm³/mol. The minimum absolute atomic E-state index is 0.514. The minimum atomic E-state index is 0.514. The molecule has 144 valence electrons. The first kappa shape index (κ1) is 19.4. The summed E-state index contributed by atoms with van der Waals surface area (Å²) in [5, 5.41) is 7.39. The monoisotopic (exact) mass is 452 g/mol. The van der Waals surface area contributed by atoms with Crippen molar-refractivity contribution in [2.45, 2.75) is 31.6 Å². The van der Waals surface area contributed by atoms with Gasteiger partial charge in [0.25, 0.3) is 0 Å². The maximum Gasteiger partial charge on any atom is 0.170 e. The fraction of sp³-hybridized carbons (Fsp3) is 0.292. The van der Waals surface area contributed by atoms with Gasteiger partial charge >= 0.3 is 0 Å². The number of anilines is 1. The number of rotatable bonds is 6.